The summed E-state index contributed by atoms with van der Waals surface area (Å²) in [5, 5.41) is 1.05. The molecule has 3 aromatic rings. The standard InChI is InChI=1S/C13H11Cl2N5O2S/c1-23(21,22)19-12-11-13(17-6-16-11)20(7-18-12)5-8-9(14)3-2-4-10(8)15/h2-4,6-7H,5H2,1H3,(H,16,17). The summed E-state index contributed by atoms with van der Waals surface area (Å²) in [7, 11) is -3.57. The highest BCUT2D eigenvalue weighted by atomic mass is 35.5. The van der Waals surface area contributed by atoms with Gasteiger partial charge in [-0.1, -0.05) is 29.3 Å². The number of imidazole rings is 1. The number of hydrogen-bond donors (Lipinski definition) is 1. The van der Waals surface area contributed by atoms with Crippen LogP contribution in [-0.4, -0.2) is 34.2 Å². The van der Waals surface area contributed by atoms with Crippen LogP contribution in [0.4, 0.5) is 0 Å². The zero-order valence-electron chi connectivity index (χ0n) is 11.9. The molecule has 23 heavy (non-hydrogen) atoms. The van der Waals surface area contributed by atoms with Crippen LogP contribution in [0.25, 0.3) is 11.2 Å². The third kappa shape index (κ3) is 3.39. The molecular weight excluding hydrogens is 361 g/mol. The maximum absolute atomic E-state index is 11.3. The van der Waals surface area contributed by atoms with Crippen LogP contribution in [0.1, 0.15) is 5.56 Å². The van der Waals surface area contributed by atoms with E-state index in [1.165, 1.54) is 12.7 Å². The Bertz CT molecular complexity index is 1040. The molecule has 2 aromatic heterocycles. The molecule has 0 bridgehead atoms. The Hall–Kier alpha value is -1.90. The van der Waals surface area contributed by atoms with E-state index in [1.54, 1.807) is 22.8 Å². The molecule has 0 spiro atoms. The van der Waals surface area contributed by atoms with E-state index in [-0.39, 0.29) is 5.49 Å². The van der Waals surface area contributed by atoms with Crippen LogP contribution in [-0.2, 0) is 16.6 Å². The highest BCUT2D eigenvalue weighted by Gasteiger charge is 2.11. The minimum atomic E-state index is -3.57. The molecule has 0 fully saturated rings. The van der Waals surface area contributed by atoms with E-state index in [2.05, 4.69) is 19.3 Å². The number of nitrogens with one attached hydrogen (secondary N) is 1. The quantitative estimate of drug-likeness (QED) is 0.761. The predicted molar refractivity (Wildman–Crippen MR) is 87.8 cm³/mol. The lowest BCUT2D eigenvalue weighted by Gasteiger charge is -2.10. The Morgan fingerprint density at radius 3 is 2.61 bits per heavy atom. The van der Waals surface area contributed by atoms with Crippen LogP contribution < -0.4 is 5.49 Å². The molecule has 0 saturated heterocycles. The van der Waals surface area contributed by atoms with E-state index < -0.39 is 10.0 Å². The van der Waals surface area contributed by atoms with Gasteiger partial charge in [0.1, 0.15) is 5.52 Å². The zero-order chi connectivity index (χ0) is 16.6. The van der Waals surface area contributed by atoms with Crippen molar-refractivity contribution < 1.29 is 8.42 Å². The second-order valence-corrected chi connectivity index (χ2v) is 7.28. The van der Waals surface area contributed by atoms with Crippen molar-refractivity contribution in [2.75, 3.05) is 6.26 Å². The molecule has 0 aliphatic carbocycles. The lowest BCUT2D eigenvalue weighted by Crippen LogP contribution is -2.16. The van der Waals surface area contributed by atoms with E-state index >= 15 is 0 Å². The summed E-state index contributed by atoms with van der Waals surface area (Å²) in [5.74, 6) is 0. The maximum atomic E-state index is 11.3. The number of benzene rings is 1. The topological polar surface area (TPSA) is 93.0 Å². The maximum Gasteiger partial charge on any atom is 0.252 e. The summed E-state index contributed by atoms with van der Waals surface area (Å²) in [6.45, 7) is 0.339. The monoisotopic (exact) mass is 371 g/mol. The van der Waals surface area contributed by atoms with Gasteiger partial charge >= 0.3 is 0 Å². The first kappa shape index (κ1) is 16.0. The molecule has 2 heterocycles. The number of H-pyrrole nitrogens is 1. The zero-order valence-corrected chi connectivity index (χ0v) is 14.2. The van der Waals surface area contributed by atoms with Crippen molar-refractivity contribution in [3.63, 3.8) is 0 Å². The van der Waals surface area contributed by atoms with Gasteiger partial charge in [0.2, 0.25) is 0 Å². The fraction of sp³-hybridized carbons (Fsp3) is 0.154. The number of halogens is 2. The first-order valence-electron chi connectivity index (χ1n) is 6.42. The number of fused-ring (bicyclic) bond motifs is 1. The van der Waals surface area contributed by atoms with E-state index in [0.29, 0.717) is 27.8 Å². The Morgan fingerprint density at radius 1 is 1.26 bits per heavy atom. The Balaban J connectivity index is 2.17. The van der Waals surface area contributed by atoms with Crippen LogP contribution >= 0.6 is 23.2 Å². The highest BCUT2D eigenvalue weighted by molar-refractivity contribution is 7.89. The number of hydrogen-bond acceptors (Lipinski definition) is 4. The third-order valence-corrected chi connectivity index (χ3v) is 4.29. The van der Waals surface area contributed by atoms with Gasteiger partial charge < -0.3 is 9.55 Å². The fourth-order valence-corrected chi connectivity index (χ4v) is 3.08. The molecule has 1 aromatic carbocycles. The summed E-state index contributed by atoms with van der Waals surface area (Å²) in [4.78, 5) is 11.1. The smallest absolute Gasteiger partial charge is 0.252 e. The molecule has 1 N–H and O–H groups in total. The van der Waals surface area contributed by atoms with Gasteiger partial charge in [0.25, 0.3) is 10.0 Å². The third-order valence-electron chi connectivity index (χ3n) is 3.08. The number of nitrogens with zero attached hydrogens (tertiary/aromatic N) is 4. The van der Waals surface area contributed by atoms with Crippen LogP contribution in [0.2, 0.25) is 10.0 Å². The normalized spacial score (nSPS) is 12.9. The Labute approximate surface area is 141 Å². The molecule has 10 heteroatoms. The average Bonchev–Trinajstić information content (AvgIpc) is 2.93. The second kappa shape index (κ2) is 5.95. The van der Waals surface area contributed by atoms with Crippen molar-refractivity contribution in [3.8, 4) is 0 Å². The van der Waals surface area contributed by atoms with Crippen LogP contribution in [0, 0.1) is 0 Å². The molecule has 0 atom stereocenters. The summed E-state index contributed by atoms with van der Waals surface area (Å²) in [6, 6.07) is 5.24. The predicted octanol–water partition coefficient (Wildman–Crippen LogP) is 1.97. The Kier molecular flexibility index (Phi) is 4.13. The Morgan fingerprint density at radius 2 is 1.96 bits per heavy atom. The summed E-state index contributed by atoms with van der Waals surface area (Å²) < 4.78 is 28.0. The van der Waals surface area contributed by atoms with Crippen molar-refractivity contribution in [3.05, 3.63) is 52.0 Å². The van der Waals surface area contributed by atoms with Crippen molar-refractivity contribution in [2.45, 2.75) is 6.54 Å². The number of sulfonamides is 1. The van der Waals surface area contributed by atoms with Gasteiger partial charge in [0.15, 0.2) is 11.1 Å². The summed E-state index contributed by atoms with van der Waals surface area (Å²) in [6.07, 6.45) is 3.90. The molecule has 7 nitrogen and oxygen atoms in total. The average molecular weight is 372 g/mol. The van der Waals surface area contributed by atoms with Gasteiger partial charge in [-0.15, -0.1) is 4.40 Å². The number of aromatic amines is 1. The van der Waals surface area contributed by atoms with E-state index in [4.69, 9.17) is 23.2 Å². The van der Waals surface area contributed by atoms with Gasteiger partial charge in [0.05, 0.1) is 25.5 Å². The van der Waals surface area contributed by atoms with Gasteiger partial charge in [-0.2, -0.15) is 0 Å². The first-order chi connectivity index (χ1) is 10.8. The summed E-state index contributed by atoms with van der Waals surface area (Å²) in [5.41, 5.74) is 1.70. The van der Waals surface area contributed by atoms with Gasteiger partial charge in [-0.3, -0.25) is 0 Å². The van der Waals surface area contributed by atoms with Crippen LogP contribution in [0.15, 0.2) is 35.3 Å². The fourth-order valence-electron chi connectivity index (χ4n) is 2.11. The van der Waals surface area contributed by atoms with Crippen LogP contribution in [0.5, 0.6) is 0 Å². The van der Waals surface area contributed by atoms with Crippen LogP contribution in [0.3, 0.4) is 0 Å². The van der Waals surface area contributed by atoms with E-state index in [1.807, 2.05) is 0 Å². The molecule has 0 aliphatic heterocycles. The van der Waals surface area contributed by atoms with Gasteiger partial charge in [-0.25, -0.2) is 18.4 Å². The van der Waals surface area contributed by atoms with Crippen molar-refractivity contribution in [1.82, 2.24) is 19.5 Å². The molecule has 0 aliphatic rings. The highest BCUT2D eigenvalue weighted by Crippen LogP contribution is 2.25. The minimum absolute atomic E-state index is 0.0569. The molecule has 0 radical (unpaired) electrons. The molecule has 0 unspecified atom stereocenters. The van der Waals surface area contributed by atoms with E-state index in [9.17, 15) is 8.42 Å². The summed E-state index contributed by atoms with van der Waals surface area (Å²) >= 11 is 12.4. The molecular formula is C13H11Cl2N5O2S. The van der Waals surface area contributed by atoms with E-state index in [0.717, 1.165) is 11.8 Å². The second-order valence-electron chi connectivity index (χ2n) is 4.82. The molecule has 120 valence electrons. The molecule has 0 amide bonds. The largest absolute Gasteiger partial charge is 0.340 e. The molecule has 0 saturated carbocycles. The lowest BCUT2D eigenvalue weighted by atomic mass is 10.2. The SMILES string of the molecule is CS(=O)(=O)N=c1ncn(Cc2c(Cl)cccc2Cl)c2nc[nH]c12. The van der Waals surface area contributed by atoms with Gasteiger partial charge in [-0.05, 0) is 12.1 Å². The number of aromatic nitrogens is 4. The number of rotatable bonds is 3. The first-order valence-corrected chi connectivity index (χ1v) is 9.03. The minimum Gasteiger partial charge on any atom is -0.340 e. The van der Waals surface area contributed by atoms with Crippen molar-refractivity contribution in [2.24, 2.45) is 4.40 Å². The lowest BCUT2D eigenvalue weighted by molar-refractivity contribution is 0.602. The van der Waals surface area contributed by atoms with Gasteiger partial charge in [0, 0.05) is 15.6 Å². The van der Waals surface area contributed by atoms with Crippen molar-refractivity contribution >= 4 is 44.4 Å². The van der Waals surface area contributed by atoms with Crippen molar-refractivity contribution in [1.29, 1.82) is 0 Å². The molecule has 3 rings (SSSR count).